The summed E-state index contributed by atoms with van der Waals surface area (Å²) in [5.41, 5.74) is 6.77. The molecule has 1 saturated carbocycles. The topological polar surface area (TPSA) is 213 Å². The molecule has 2 fully saturated rings. The standard InChI is InChI=1S/C33H52N6O7S/c1-8-23(4)10-9-13-32(5,6)29-28(43-7)26(11-14-33(29)18-45-33)46-31(42)39-25(22(2)3)17-44-27(40)16-38-30(41)24(37)12-15-47(19-34,20-35)21-36/h10,22,24-26,28-29H,8-9,11-18,37H2,1-7H3,(H,38,41)(H,39,42)/b23-10-/t24-,25?,26+,28+,29+,33?/m0/s1. The molecule has 2 amide bonds. The maximum absolute atomic E-state index is 13.1. The molecule has 6 atom stereocenters. The van der Waals surface area contributed by atoms with Crippen molar-refractivity contribution in [1.82, 2.24) is 10.6 Å². The largest absolute Gasteiger partial charge is 0.462 e. The average molecular weight is 677 g/mol. The normalized spacial score (nSPS) is 24.2. The van der Waals surface area contributed by atoms with Gasteiger partial charge in [-0.05, 0) is 56.8 Å². The molecule has 0 aromatic carbocycles. The van der Waals surface area contributed by atoms with Crippen molar-refractivity contribution < 1.29 is 33.3 Å². The van der Waals surface area contributed by atoms with Crippen molar-refractivity contribution in [2.75, 3.05) is 32.6 Å². The first-order valence-electron chi connectivity index (χ1n) is 16.1. The smallest absolute Gasteiger partial charge is 0.407 e. The van der Waals surface area contributed by atoms with Crippen molar-refractivity contribution in [1.29, 1.82) is 15.8 Å². The average Bonchev–Trinajstić information content (AvgIpc) is 3.81. The van der Waals surface area contributed by atoms with Gasteiger partial charge in [0, 0.05) is 28.8 Å². The first kappa shape index (κ1) is 39.8. The van der Waals surface area contributed by atoms with Gasteiger partial charge in [0.05, 0.1) is 24.3 Å². The number of rotatable bonds is 17. The number of allylic oxidation sites excluding steroid dienone is 2. The number of thiocyanates is 3. The minimum Gasteiger partial charge on any atom is -0.462 e. The van der Waals surface area contributed by atoms with E-state index in [-0.39, 0.29) is 47.7 Å². The molecule has 14 heteroatoms. The van der Waals surface area contributed by atoms with Crippen LogP contribution >= 0.6 is 10.0 Å². The highest BCUT2D eigenvalue weighted by Crippen LogP contribution is 2.56. The molecule has 0 aromatic rings. The van der Waals surface area contributed by atoms with Gasteiger partial charge in [-0.1, -0.05) is 46.3 Å². The van der Waals surface area contributed by atoms with Crippen LogP contribution in [0.25, 0.3) is 0 Å². The highest BCUT2D eigenvalue weighted by molar-refractivity contribution is 8.44. The van der Waals surface area contributed by atoms with Crippen LogP contribution in [0.5, 0.6) is 0 Å². The first-order chi connectivity index (χ1) is 22.1. The fraction of sp³-hybridized carbons (Fsp3) is 0.758. The maximum atomic E-state index is 13.1. The SMILES string of the molecule is CC/C(C)=C\CCC(C)(C)[C@H]1[C@H](OC)[C@H](OC(=O)NC(COC(=O)CNC(=O)[C@@H](N)CCS(C#N)(C#N)C#N)C(C)C)CCC12CO2. The first-order valence-corrected chi connectivity index (χ1v) is 17.9. The monoisotopic (exact) mass is 676 g/mol. The predicted molar refractivity (Wildman–Crippen MR) is 177 cm³/mol. The molecule has 2 unspecified atom stereocenters. The van der Waals surface area contributed by atoms with E-state index in [2.05, 4.69) is 44.4 Å². The molecule has 2 rings (SSSR count). The molecular weight excluding hydrogens is 624 g/mol. The predicted octanol–water partition coefficient (Wildman–Crippen LogP) is 4.09. The molecule has 1 aliphatic carbocycles. The lowest BCUT2D eigenvalue weighted by molar-refractivity contribution is -0.145. The lowest BCUT2D eigenvalue weighted by Crippen LogP contribution is -2.56. The summed E-state index contributed by atoms with van der Waals surface area (Å²) in [7, 11) is -1.19. The van der Waals surface area contributed by atoms with E-state index in [1.807, 2.05) is 13.8 Å². The van der Waals surface area contributed by atoms with Crippen LogP contribution in [0.3, 0.4) is 0 Å². The van der Waals surface area contributed by atoms with E-state index < -0.39 is 52.7 Å². The number of esters is 1. The van der Waals surface area contributed by atoms with Crippen LogP contribution in [0.4, 0.5) is 4.79 Å². The van der Waals surface area contributed by atoms with Crippen LogP contribution in [0.15, 0.2) is 11.6 Å². The lowest BCUT2D eigenvalue weighted by atomic mass is 9.61. The molecule has 47 heavy (non-hydrogen) atoms. The zero-order chi connectivity index (χ0) is 35.4. The maximum Gasteiger partial charge on any atom is 0.407 e. The van der Waals surface area contributed by atoms with Crippen LogP contribution in [-0.2, 0) is 28.5 Å². The molecule has 1 saturated heterocycles. The number of nitrogens with two attached hydrogens (primary N) is 1. The number of amides is 2. The fourth-order valence-corrected chi connectivity index (χ4v) is 7.08. The second-order valence-electron chi connectivity index (χ2n) is 13.5. The molecule has 0 aromatic heterocycles. The van der Waals surface area contributed by atoms with E-state index in [1.165, 1.54) is 5.57 Å². The van der Waals surface area contributed by atoms with Crippen LogP contribution in [-0.4, -0.2) is 80.5 Å². The zero-order valence-electron chi connectivity index (χ0n) is 28.8. The van der Waals surface area contributed by atoms with Gasteiger partial charge < -0.3 is 35.3 Å². The van der Waals surface area contributed by atoms with Crippen molar-refractivity contribution in [3.63, 3.8) is 0 Å². The Hall–Kier alpha value is -3.35. The highest BCUT2D eigenvalue weighted by atomic mass is 32.3. The number of nitriles is 3. The number of ether oxygens (including phenoxy) is 4. The van der Waals surface area contributed by atoms with Crippen LogP contribution < -0.4 is 16.4 Å². The quantitative estimate of drug-likeness (QED) is 0.0864. The molecule has 2 aliphatic rings. The van der Waals surface area contributed by atoms with E-state index in [0.29, 0.717) is 13.0 Å². The Bertz CT molecular complexity index is 1230. The third kappa shape index (κ3) is 11.1. The van der Waals surface area contributed by atoms with Gasteiger partial charge in [-0.2, -0.15) is 15.8 Å². The van der Waals surface area contributed by atoms with Crippen LogP contribution in [0.2, 0.25) is 0 Å². The minimum absolute atomic E-state index is 0.0277. The van der Waals surface area contributed by atoms with Gasteiger partial charge in [-0.15, -0.1) is 0 Å². The third-order valence-electron chi connectivity index (χ3n) is 9.32. The van der Waals surface area contributed by atoms with Crippen LogP contribution in [0.1, 0.15) is 80.1 Å². The van der Waals surface area contributed by atoms with Gasteiger partial charge in [0.2, 0.25) is 5.91 Å². The number of nitrogens with zero attached hydrogens (tertiary/aromatic N) is 3. The molecule has 1 spiro atoms. The number of epoxide rings is 1. The summed E-state index contributed by atoms with van der Waals surface area (Å²) < 4.78 is 23.3. The van der Waals surface area contributed by atoms with E-state index in [9.17, 15) is 14.4 Å². The summed E-state index contributed by atoms with van der Waals surface area (Å²) in [5, 5.41) is 37.6. The summed E-state index contributed by atoms with van der Waals surface area (Å²) in [4.78, 5) is 37.8. The molecule has 1 aliphatic heterocycles. The van der Waals surface area contributed by atoms with E-state index in [1.54, 1.807) is 23.3 Å². The van der Waals surface area contributed by atoms with Gasteiger partial charge >= 0.3 is 12.1 Å². The molecule has 4 N–H and O–H groups in total. The summed E-state index contributed by atoms with van der Waals surface area (Å²) in [6.07, 6.45) is 5.01. The van der Waals surface area contributed by atoms with Crippen molar-refractivity contribution in [2.45, 2.75) is 110 Å². The van der Waals surface area contributed by atoms with Gasteiger partial charge in [0.25, 0.3) is 0 Å². The molecule has 0 radical (unpaired) electrons. The third-order valence-corrected chi connectivity index (χ3v) is 11.1. The number of alkyl carbamates (subject to hydrolysis) is 1. The Labute approximate surface area is 280 Å². The second-order valence-corrected chi connectivity index (χ2v) is 15.9. The number of carbonyl (C=O) groups is 3. The number of hydrogen-bond donors (Lipinski definition) is 3. The number of hydrogen-bond acceptors (Lipinski definition) is 11. The molecule has 1 heterocycles. The number of carbonyl (C=O) groups excluding carboxylic acids is 3. The Morgan fingerprint density at radius 3 is 2.36 bits per heavy atom. The molecule has 0 bridgehead atoms. The number of methoxy groups -OCH3 is 1. The van der Waals surface area contributed by atoms with E-state index >= 15 is 0 Å². The van der Waals surface area contributed by atoms with Crippen molar-refractivity contribution in [2.24, 2.45) is 23.0 Å². The summed E-state index contributed by atoms with van der Waals surface area (Å²) >= 11 is 0. The van der Waals surface area contributed by atoms with Crippen molar-refractivity contribution in [3.05, 3.63) is 11.6 Å². The van der Waals surface area contributed by atoms with Crippen molar-refractivity contribution >= 4 is 28.0 Å². The second kappa shape index (κ2) is 17.7. The molecule has 262 valence electrons. The fourth-order valence-electron chi connectivity index (χ4n) is 6.08. The Kier molecular flexibility index (Phi) is 15.0. The van der Waals surface area contributed by atoms with Gasteiger partial charge in [0.1, 0.15) is 41.6 Å². The Morgan fingerprint density at radius 2 is 1.83 bits per heavy atom. The Balaban J connectivity index is 1.92. The lowest BCUT2D eigenvalue weighted by Gasteiger charge is -2.48. The van der Waals surface area contributed by atoms with Crippen LogP contribution in [0, 0.1) is 49.2 Å². The van der Waals surface area contributed by atoms with Gasteiger partial charge in [-0.3, -0.25) is 9.59 Å². The van der Waals surface area contributed by atoms with E-state index in [4.69, 9.17) is 40.5 Å². The molecular formula is C33H52N6O7S. The summed E-state index contributed by atoms with van der Waals surface area (Å²) in [6.45, 7) is 12.5. The Morgan fingerprint density at radius 1 is 1.19 bits per heavy atom. The summed E-state index contributed by atoms with van der Waals surface area (Å²) in [6, 6.07) is -1.68. The molecule has 13 nitrogen and oxygen atoms in total. The van der Waals surface area contributed by atoms with Crippen molar-refractivity contribution in [3.8, 4) is 16.2 Å². The van der Waals surface area contributed by atoms with Gasteiger partial charge in [0.15, 0.2) is 0 Å². The zero-order valence-corrected chi connectivity index (χ0v) is 29.6. The number of nitrogens with one attached hydrogen (secondary N) is 2. The summed E-state index contributed by atoms with van der Waals surface area (Å²) in [5.74, 6) is -1.64. The van der Waals surface area contributed by atoms with Gasteiger partial charge in [-0.25, -0.2) is 4.79 Å². The highest BCUT2D eigenvalue weighted by Gasteiger charge is 2.63. The minimum atomic E-state index is -2.83. The van der Waals surface area contributed by atoms with E-state index in [0.717, 1.165) is 25.7 Å².